The number of hydrogen-bond donors (Lipinski definition) is 0. The molecule has 0 aliphatic carbocycles. The second-order valence-corrected chi connectivity index (χ2v) is 8.85. The number of anilines is 1. The summed E-state index contributed by atoms with van der Waals surface area (Å²) in [5.74, 6) is 0.777. The van der Waals surface area contributed by atoms with Gasteiger partial charge in [0.2, 0.25) is 0 Å². The van der Waals surface area contributed by atoms with E-state index in [9.17, 15) is 4.79 Å². The smallest absolute Gasteiger partial charge is 0.266 e. The van der Waals surface area contributed by atoms with Crippen LogP contribution in [0.3, 0.4) is 0 Å². The van der Waals surface area contributed by atoms with E-state index in [0.717, 1.165) is 31.9 Å². The fourth-order valence-electron chi connectivity index (χ4n) is 3.20. The third-order valence-electron chi connectivity index (χ3n) is 4.78. The van der Waals surface area contributed by atoms with Crippen molar-refractivity contribution in [2.45, 2.75) is 12.3 Å². The van der Waals surface area contributed by atoms with Gasteiger partial charge >= 0.3 is 0 Å². The Morgan fingerprint density at radius 1 is 0.966 bits per heavy atom. The summed E-state index contributed by atoms with van der Waals surface area (Å²) < 4.78 is 6.29. The first-order chi connectivity index (χ1) is 14.0. The molecule has 5 heteroatoms. The van der Waals surface area contributed by atoms with Crippen molar-refractivity contribution in [3.05, 3.63) is 98.9 Å². The lowest BCUT2D eigenvalue weighted by atomic mass is 10.1. The fraction of sp³-hybridized carbons (Fsp3) is 0.125. The van der Waals surface area contributed by atoms with Crippen LogP contribution in [0.5, 0.6) is 5.75 Å². The molecule has 3 aromatic rings. The van der Waals surface area contributed by atoms with E-state index in [2.05, 4.69) is 47.1 Å². The van der Waals surface area contributed by atoms with Crippen LogP contribution in [0.15, 0.2) is 82.2 Å². The molecule has 0 radical (unpaired) electrons. The second-order valence-electron chi connectivity index (χ2n) is 6.81. The summed E-state index contributed by atoms with van der Waals surface area (Å²) in [7, 11) is 1.64. The van der Waals surface area contributed by atoms with E-state index in [4.69, 9.17) is 4.74 Å². The van der Waals surface area contributed by atoms with Crippen LogP contribution in [0.25, 0.3) is 6.08 Å². The number of hydrogen-bond acceptors (Lipinski definition) is 3. The minimum Gasteiger partial charge on any atom is -0.497 e. The SMILES string of the molecule is COc1ccc(N2C(=O)/C(=C\c3ccc(Br)cc3)SC2c2ccc(C)cc2)cc1. The van der Waals surface area contributed by atoms with Crippen molar-refractivity contribution in [1.29, 1.82) is 0 Å². The summed E-state index contributed by atoms with van der Waals surface area (Å²) in [5, 5.41) is -0.113. The van der Waals surface area contributed by atoms with Crippen molar-refractivity contribution in [3.63, 3.8) is 0 Å². The summed E-state index contributed by atoms with van der Waals surface area (Å²) in [6.45, 7) is 2.07. The molecule has 1 heterocycles. The number of carbonyl (C=O) groups excluding carboxylic acids is 1. The van der Waals surface area contributed by atoms with Crippen LogP contribution in [-0.2, 0) is 4.79 Å². The maximum Gasteiger partial charge on any atom is 0.266 e. The maximum absolute atomic E-state index is 13.4. The summed E-state index contributed by atoms with van der Waals surface area (Å²) in [6.07, 6.45) is 1.96. The number of carbonyl (C=O) groups is 1. The molecule has 1 aliphatic heterocycles. The number of amides is 1. The predicted octanol–water partition coefficient (Wildman–Crippen LogP) is 6.59. The third-order valence-corrected chi connectivity index (χ3v) is 6.56. The highest BCUT2D eigenvalue weighted by Gasteiger charge is 2.38. The van der Waals surface area contributed by atoms with Gasteiger partial charge in [0.05, 0.1) is 12.0 Å². The van der Waals surface area contributed by atoms with Gasteiger partial charge in [-0.1, -0.05) is 69.7 Å². The van der Waals surface area contributed by atoms with Crippen molar-refractivity contribution >= 4 is 45.4 Å². The molecule has 3 nitrogen and oxygen atoms in total. The van der Waals surface area contributed by atoms with Crippen molar-refractivity contribution in [2.75, 3.05) is 12.0 Å². The zero-order valence-electron chi connectivity index (χ0n) is 16.1. The van der Waals surface area contributed by atoms with E-state index < -0.39 is 0 Å². The Balaban J connectivity index is 1.74. The van der Waals surface area contributed by atoms with Crippen molar-refractivity contribution in [1.82, 2.24) is 0 Å². The van der Waals surface area contributed by atoms with Gasteiger partial charge in [-0.2, -0.15) is 0 Å². The van der Waals surface area contributed by atoms with E-state index in [0.29, 0.717) is 0 Å². The minimum atomic E-state index is -0.113. The van der Waals surface area contributed by atoms with E-state index >= 15 is 0 Å². The van der Waals surface area contributed by atoms with Gasteiger partial charge in [0.25, 0.3) is 5.91 Å². The standard InChI is InChI=1S/C24H20BrNO2S/c1-16-3-7-18(8-4-16)24-26(20-11-13-21(28-2)14-12-20)23(27)22(29-24)15-17-5-9-19(25)10-6-17/h3-15,24H,1-2H3/b22-15+. The molecule has 0 N–H and O–H groups in total. The van der Waals surface area contributed by atoms with E-state index in [-0.39, 0.29) is 11.3 Å². The Morgan fingerprint density at radius 3 is 2.24 bits per heavy atom. The molecule has 3 aromatic carbocycles. The Hall–Kier alpha value is -2.50. The highest BCUT2D eigenvalue weighted by atomic mass is 79.9. The van der Waals surface area contributed by atoms with Crippen molar-refractivity contribution in [2.24, 2.45) is 0 Å². The van der Waals surface area contributed by atoms with Gasteiger partial charge in [0, 0.05) is 10.2 Å². The average Bonchev–Trinajstić information content (AvgIpc) is 3.06. The molecule has 0 spiro atoms. The first-order valence-corrected chi connectivity index (χ1v) is 10.9. The molecule has 0 saturated carbocycles. The third kappa shape index (κ3) is 4.26. The lowest BCUT2D eigenvalue weighted by molar-refractivity contribution is -0.114. The molecular formula is C24H20BrNO2S. The monoisotopic (exact) mass is 465 g/mol. The van der Waals surface area contributed by atoms with Gasteiger partial charge in [-0.25, -0.2) is 0 Å². The van der Waals surface area contributed by atoms with Crippen LogP contribution in [0.1, 0.15) is 22.1 Å². The van der Waals surface area contributed by atoms with Crippen LogP contribution < -0.4 is 9.64 Å². The second kappa shape index (κ2) is 8.47. The van der Waals surface area contributed by atoms with Crippen LogP contribution in [0, 0.1) is 6.92 Å². The molecule has 4 rings (SSSR count). The van der Waals surface area contributed by atoms with E-state index in [1.165, 1.54) is 5.56 Å². The van der Waals surface area contributed by atoms with Gasteiger partial charge in [-0.05, 0) is 60.5 Å². The Kier molecular flexibility index (Phi) is 5.79. The number of methoxy groups -OCH3 is 1. The number of benzene rings is 3. The van der Waals surface area contributed by atoms with Crippen LogP contribution in [0.2, 0.25) is 0 Å². The van der Waals surface area contributed by atoms with Gasteiger partial charge in [-0.15, -0.1) is 0 Å². The Labute approximate surface area is 183 Å². The molecule has 1 aliphatic rings. The van der Waals surface area contributed by atoms with Crippen LogP contribution in [0.4, 0.5) is 5.69 Å². The largest absolute Gasteiger partial charge is 0.497 e. The molecule has 0 bridgehead atoms. The first-order valence-electron chi connectivity index (χ1n) is 9.23. The normalized spacial score (nSPS) is 17.8. The number of ether oxygens (including phenoxy) is 1. The van der Waals surface area contributed by atoms with Gasteiger partial charge in [0.15, 0.2) is 0 Å². The van der Waals surface area contributed by atoms with Crippen LogP contribution in [-0.4, -0.2) is 13.0 Å². The Bertz CT molecular complexity index is 1040. The zero-order valence-corrected chi connectivity index (χ0v) is 18.5. The van der Waals surface area contributed by atoms with Crippen LogP contribution >= 0.6 is 27.7 Å². The summed E-state index contributed by atoms with van der Waals surface area (Å²) in [5.41, 5.74) is 4.16. The number of rotatable bonds is 4. The highest BCUT2D eigenvalue weighted by molar-refractivity contribution is 9.10. The number of aryl methyl sites for hydroxylation is 1. The van der Waals surface area contributed by atoms with Gasteiger partial charge < -0.3 is 4.74 Å². The fourth-order valence-corrected chi connectivity index (χ4v) is 4.72. The maximum atomic E-state index is 13.4. The molecule has 1 amide bonds. The van der Waals surface area contributed by atoms with Crippen molar-refractivity contribution < 1.29 is 9.53 Å². The topological polar surface area (TPSA) is 29.5 Å². The molecule has 1 unspecified atom stereocenters. The summed E-state index contributed by atoms with van der Waals surface area (Å²) >= 11 is 5.04. The van der Waals surface area contributed by atoms with Crippen molar-refractivity contribution in [3.8, 4) is 5.75 Å². The molecule has 0 aromatic heterocycles. The highest BCUT2D eigenvalue weighted by Crippen LogP contribution is 2.48. The quantitative estimate of drug-likeness (QED) is 0.407. The number of thioether (sulfide) groups is 1. The average molecular weight is 466 g/mol. The Morgan fingerprint density at radius 2 is 1.62 bits per heavy atom. The van der Waals surface area contributed by atoms with E-state index in [1.807, 2.05) is 59.5 Å². The number of nitrogens with zero attached hydrogens (tertiary/aromatic N) is 1. The molecule has 146 valence electrons. The zero-order chi connectivity index (χ0) is 20.4. The van der Waals surface area contributed by atoms with Gasteiger partial charge in [0.1, 0.15) is 11.1 Å². The number of halogens is 1. The minimum absolute atomic E-state index is 0.00802. The molecule has 1 saturated heterocycles. The summed E-state index contributed by atoms with van der Waals surface area (Å²) in [6, 6.07) is 24.0. The van der Waals surface area contributed by atoms with E-state index in [1.54, 1.807) is 18.9 Å². The van der Waals surface area contributed by atoms with Gasteiger partial charge in [-0.3, -0.25) is 9.69 Å². The first kappa shape index (κ1) is 19.8. The lowest BCUT2D eigenvalue weighted by Gasteiger charge is -2.24. The molecular weight excluding hydrogens is 446 g/mol. The molecule has 29 heavy (non-hydrogen) atoms. The molecule has 1 atom stereocenters. The lowest BCUT2D eigenvalue weighted by Crippen LogP contribution is -2.27. The predicted molar refractivity (Wildman–Crippen MR) is 124 cm³/mol. The summed E-state index contributed by atoms with van der Waals surface area (Å²) in [4.78, 5) is 16.0. The molecule has 1 fully saturated rings.